The van der Waals surface area contributed by atoms with E-state index in [4.69, 9.17) is 4.98 Å². The minimum atomic E-state index is -0.0372. The van der Waals surface area contributed by atoms with Gasteiger partial charge in [-0.05, 0) is 47.5 Å². The minimum Gasteiger partial charge on any atom is -0.268 e. The highest BCUT2D eigenvalue weighted by molar-refractivity contribution is 7.98. The number of fused-ring (bicyclic) bond motifs is 2. The molecule has 0 spiro atoms. The van der Waals surface area contributed by atoms with Gasteiger partial charge in [0.2, 0.25) is 0 Å². The van der Waals surface area contributed by atoms with Crippen LogP contribution in [-0.2, 0) is 5.75 Å². The van der Waals surface area contributed by atoms with Gasteiger partial charge in [-0.15, -0.1) is 0 Å². The highest BCUT2D eigenvalue weighted by Gasteiger charge is 2.14. The average molecular weight is 409 g/mol. The molecule has 0 saturated heterocycles. The largest absolute Gasteiger partial charge is 0.268 e. The third kappa shape index (κ3) is 3.40. The molecule has 0 bridgehead atoms. The van der Waals surface area contributed by atoms with Gasteiger partial charge < -0.3 is 0 Å². The number of para-hydroxylation sites is 1. The Morgan fingerprint density at radius 3 is 2.33 bits per heavy atom. The molecule has 3 nitrogen and oxygen atoms in total. The topological polar surface area (TPSA) is 34.9 Å². The zero-order valence-corrected chi connectivity index (χ0v) is 17.4. The van der Waals surface area contributed by atoms with Gasteiger partial charge in [-0.1, -0.05) is 84.1 Å². The molecule has 4 heteroatoms. The summed E-state index contributed by atoms with van der Waals surface area (Å²) in [6.45, 7) is 2.04. The number of rotatable bonds is 4. The van der Waals surface area contributed by atoms with Gasteiger partial charge in [0.15, 0.2) is 5.16 Å². The molecule has 0 atom stereocenters. The van der Waals surface area contributed by atoms with E-state index in [1.54, 1.807) is 16.3 Å². The van der Waals surface area contributed by atoms with E-state index >= 15 is 0 Å². The fourth-order valence-corrected chi connectivity index (χ4v) is 4.71. The van der Waals surface area contributed by atoms with Crippen LogP contribution in [0.2, 0.25) is 0 Å². The van der Waals surface area contributed by atoms with Crippen LogP contribution in [0.3, 0.4) is 0 Å². The van der Waals surface area contributed by atoms with E-state index in [0.29, 0.717) is 10.5 Å². The highest BCUT2D eigenvalue weighted by atomic mass is 32.2. The monoisotopic (exact) mass is 408 g/mol. The maximum atomic E-state index is 13.4. The van der Waals surface area contributed by atoms with Crippen LogP contribution in [0.25, 0.3) is 27.4 Å². The SMILES string of the molecule is Cc1ccc(-n2c(SCc3cccc4ccccc34)nc3ccccc3c2=O)cc1. The maximum Gasteiger partial charge on any atom is 0.266 e. The Morgan fingerprint density at radius 2 is 1.50 bits per heavy atom. The van der Waals surface area contributed by atoms with Crippen molar-refractivity contribution in [2.24, 2.45) is 0 Å². The van der Waals surface area contributed by atoms with Gasteiger partial charge in [-0.3, -0.25) is 9.36 Å². The number of hydrogen-bond acceptors (Lipinski definition) is 3. The predicted octanol–water partition coefficient (Wildman–Crippen LogP) is 6.14. The van der Waals surface area contributed by atoms with Crippen molar-refractivity contribution in [1.29, 1.82) is 0 Å². The maximum absolute atomic E-state index is 13.4. The average Bonchev–Trinajstić information content (AvgIpc) is 2.79. The molecule has 0 aliphatic heterocycles. The molecule has 0 unspecified atom stereocenters. The molecule has 0 fully saturated rings. The Morgan fingerprint density at radius 1 is 0.800 bits per heavy atom. The van der Waals surface area contributed by atoms with E-state index in [1.165, 1.54) is 16.3 Å². The second kappa shape index (κ2) is 7.81. The first-order chi connectivity index (χ1) is 14.7. The van der Waals surface area contributed by atoms with Gasteiger partial charge >= 0.3 is 0 Å². The summed E-state index contributed by atoms with van der Waals surface area (Å²) in [7, 11) is 0. The number of aromatic nitrogens is 2. The van der Waals surface area contributed by atoms with Crippen molar-refractivity contribution in [2.45, 2.75) is 17.8 Å². The fourth-order valence-electron chi connectivity index (χ4n) is 3.69. The van der Waals surface area contributed by atoms with E-state index in [2.05, 4.69) is 42.5 Å². The Labute approximate surface area is 179 Å². The van der Waals surface area contributed by atoms with Gasteiger partial charge in [0.1, 0.15) is 0 Å². The summed E-state index contributed by atoms with van der Waals surface area (Å²) in [4.78, 5) is 18.2. The number of thioether (sulfide) groups is 1. The number of aryl methyl sites for hydroxylation is 1. The summed E-state index contributed by atoms with van der Waals surface area (Å²) in [5.74, 6) is 0.734. The summed E-state index contributed by atoms with van der Waals surface area (Å²) in [6.07, 6.45) is 0. The van der Waals surface area contributed by atoms with E-state index in [0.717, 1.165) is 22.5 Å². The first-order valence-electron chi connectivity index (χ1n) is 9.89. The third-order valence-corrected chi connectivity index (χ3v) is 6.26. The van der Waals surface area contributed by atoms with Crippen LogP contribution >= 0.6 is 11.8 Å². The highest BCUT2D eigenvalue weighted by Crippen LogP contribution is 2.28. The van der Waals surface area contributed by atoms with Gasteiger partial charge in [0.25, 0.3) is 5.56 Å². The first kappa shape index (κ1) is 18.6. The fraction of sp³-hybridized carbons (Fsp3) is 0.0769. The summed E-state index contributed by atoms with van der Waals surface area (Å²) < 4.78 is 1.73. The molecular formula is C26H20N2OS. The van der Waals surface area contributed by atoms with Crippen LogP contribution in [0, 0.1) is 6.92 Å². The van der Waals surface area contributed by atoms with Gasteiger partial charge in [0.05, 0.1) is 16.6 Å². The molecule has 5 rings (SSSR count). The molecule has 5 aromatic rings. The van der Waals surface area contributed by atoms with Crippen molar-refractivity contribution in [2.75, 3.05) is 0 Å². The summed E-state index contributed by atoms with van der Waals surface area (Å²) in [6, 6.07) is 30.3. The summed E-state index contributed by atoms with van der Waals surface area (Å²) in [5, 5.41) is 3.79. The zero-order chi connectivity index (χ0) is 20.5. The lowest BCUT2D eigenvalue weighted by Crippen LogP contribution is -2.21. The molecule has 0 aliphatic carbocycles. The molecule has 0 aliphatic rings. The summed E-state index contributed by atoms with van der Waals surface area (Å²) >= 11 is 1.59. The van der Waals surface area contributed by atoms with Crippen LogP contribution in [0.5, 0.6) is 0 Å². The van der Waals surface area contributed by atoms with E-state index < -0.39 is 0 Å². The Kier molecular flexibility index (Phi) is 4.85. The van der Waals surface area contributed by atoms with Crippen molar-refractivity contribution in [1.82, 2.24) is 9.55 Å². The number of nitrogens with zero attached hydrogens (tertiary/aromatic N) is 2. The van der Waals surface area contributed by atoms with Crippen molar-refractivity contribution < 1.29 is 0 Å². The minimum absolute atomic E-state index is 0.0372. The van der Waals surface area contributed by atoms with Gasteiger partial charge in [0, 0.05) is 5.75 Å². The van der Waals surface area contributed by atoms with E-state index in [9.17, 15) is 4.79 Å². The number of benzene rings is 4. The normalized spacial score (nSPS) is 11.2. The summed E-state index contributed by atoms with van der Waals surface area (Å²) in [5.41, 5.74) is 3.92. The molecule has 0 saturated carbocycles. The smallest absolute Gasteiger partial charge is 0.266 e. The zero-order valence-electron chi connectivity index (χ0n) is 16.6. The predicted molar refractivity (Wildman–Crippen MR) is 126 cm³/mol. The van der Waals surface area contributed by atoms with Crippen molar-refractivity contribution in [3.05, 3.63) is 112 Å². The standard InChI is InChI=1S/C26H20N2OS/c1-18-13-15-21(16-14-18)28-25(29)23-11-4-5-12-24(23)27-26(28)30-17-20-9-6-8-19-7-2-3-10-22(19)20/h2-16H,17H2,1H3. The second-order valence-electron chi connectivity index (χ2n) is 7.31. The first-order valence-corrected chi connectivity index (χ1v) is 10.9. The molecule has 30 heavy (non-hydrogen) atoms. The quantitative estimate of drug-likeness (QED) is 0.265. The number of hydrogen-bond donors (Lipinski definition) is 0. The van der Waals surface area contributed by atoms with Crippen LogP contribution in [0.1, 0.15) is 11.1 Å². The van der Waals surface area contributed by atoms with Crippen LogP contribution in [-0.4, -0.2) is 9.55 Å². The Hall–Kier alpha value is -3.37. The lowest BCUT2D eigenvalue weighted by Gasteiger charge is -2.14. The molecule has 1 heterocycles. The van der Waals surface area contributed by atoms with Crippen LogP contribution < -0.4 is 5.56 Å². The van der Waals surface area contributed by atoms with Gasteiger partial charge in [-0.25, -0.2) is 4.98 Å². The van der Waals surface area contributed by atoms with E-state index in [1.807, 2.05) is 55.5 Å². The second-order valence-corrected chi connectivity index (χ2v) is 8.26. The molecule has 0 amide bonds. The molecular weight excluding hydrogens is 388 g/mol. The molecule has 1 aromatic heterocycles. The van der Waals surface area contributed by atoms with Crippen LogP contribution in [0.4, 0.5) is 0 Å². The molecule has 4 aromatic carbocycles. The lowest BCUT2D eigenvalue weighted by molar-refractivity contribution is 0.819. The van der Waals surface area contributed by atoms with Crippen molar-refractivity contribution >= 4 is 33.4 Å². The molecule has 0 N–H and O–H groups in total. The molecule has 0 radical (unpaired) electrons. The Bertz CT molecular complexity index is 1420. The van der Waals surface area contributed by atoms with E-state index in [-0.39, 0.29) is 5.56 Å². The lowest BCUT2D eigenvalue weighted by atomic mass is 10.1. The third-order valence-electron chi connectivity index (χ3n) is 5.27. The van der Waals surface area contributed by atoms with Crippen molar-refractivity contribution in [3.8, 4) is 5.69 Å². The molecule has 146 valence electrons. The van der Waals surface area contributed by atoms with Crippen LogP contribution in [0.15, 0.2) is 101 Å². The van der Waals surface area contributed by atoms with Gasteiger partial charge in [-0.2, -0.15) is 0 Å². The Balaban J connectivity index is 1.63. The van der Waals surface area contributed by atoms with Crippen molar-refractivity contribution in [3.63, 3.8) is 0 Å².